The van der Waals surface area contributed by atoms with E-state index in [0.29, 0.717) is 0 Å². The first-order valence-electron chi connectivity index (χ1n) is 4.11. The van der Waals surface area contributed by atoms with E-state index in [0.717, 1.165) is 0 Å². The number of allylic oxidation sites excluding steroid dienone is 1. The summed E-state index contributed by atoms with van der Waals surface area (Å²) in [6, 6.07) is 2.14. The van der Waals surface area contributed by atoms with Crippen LogP contribution in [0.2, 0.25) is 0 Å². The molecule has 0 N–H and O–H groups in total. The van der Waals surface area contributed by atoms with Gasteiger partial charge in [0.25, 0.3) is 0 Å². The molecule has 0 aliphatic heterocycles. The SMILES string of the molecule is CC1=Cc2c(Br)c(C)cc(Br)c2[CH]1. The van der Waals surface area contributed by atoms with Crippen molar-refractivity contribution in [1.82, 2.24) is 0 Å². The average Bonchev–Trinajstić information content (AvgIpc) is 2.44. The minimum absolute atomic E-state index is 1.18. The van der Waals surface area contributed by atoms with Crippen molar-refractivity contribution in [2.75, 3.05) is 0 Å². The average molecular weight is 301 g/mol. The van der Waals surface area contributed by atoms with E-state index in [-0.39, 0.29) is 0 Å². The summed E-state index contributed by atoms with van der Waals surface area (Å²) in [5, 5.41) is 0. The Morgan fingerprint density at radius 1 is 1.08 bits per heavy atom. The smallest absolute Gasteiger partial charge is 0.0280 e. The number of hydrogen-bond donors (Lipinski definition) is 0. The molecule has 0 atom stereocenters. The predicted octanol–water partition coefficient (Wildman–Crippen LogP) is 4.49. The van der Waals surface area contributed by atoms with Crippen LogP contribution >= 0.6 is 31.9 Å². The number of benzene rings is 1. The molecule has 0 aromatic heterocycles. The summed E-state index contributed by atoms with van der Waals surface area (Å²) in [5.41, 5.74) is 5.16. The van der Waals surface area contributed by atoms with Crippen LogP contribution in [0.4, 0.5) is 0 Å². The van der Waals surface area contributed by atoms with Gasteiger partial charge in [-0.25, -0.2) is 0 Å². The molecule has 2 heteroatoms. The second kappa shape index (κ2) is 3.25. The maximum absolute atomic E-state index is 3.61. The normalized spacial score (nSPS) is 14.3. The molecule has 0 heterocycles. The van der Waals surface area contributed by atoms with Crippen molar-refractivity contribution in [3.63, 3.8) is 0 Å². The molecule has 0 amide bonds. The van der Waals surface area contributed by atoms with Gasteiger partial charge in [-0.15, -0.1) is 0 Å². The predicted molar refractivity (Wildman–Crippen MR) is 63.6 cm³/mol. The second-order valence-corrected chi connectivity index (χ2v) is 5.00. The van der Waals surface area contributed by atoms with Crippen molar-refractivity contribution in [3.8, 4) is 0 Å². The molecule has 0 nitrogen and oxygen atoms in total. The van der Waals surface area contributed by atoms with Gasteiger partial charge in [-0.05, 0) is 52.5 Å². The number of rotatable bonds is 0. The first-order valence-corrected chi connectivity index (χ1v) is 5.70. The zero-order valence-corrected chi connectivity index (χ0v) is 10.7. The molecule has 1 aromatic rings. The fourth-order valence-corrected chi connectivity index (χ4v) is 2.69. The molecule has 1 aliphatic rings. The number of halogens is 2. The first-order chi connectivity index (χ1) is 6.09. The van der Waals surface area contributed by atoms with Crippen molar-refractivity contribution >= 4 is 37.9 Å². The lowest BCUT2D eigenvalue weighted by molar-refractivity contribution is 1.35. The third kappa shape index (κ3) is 1.50. The van der Waals surface area contributed by atoms with Crippen LogP contribution in [0, 0.1) is 13.3 Å². The fourth-order valence-electron chi connectivity index (χ4n) is 1.58. The van der Waals surface area contributed by atoms with Crippen LogP contribution in [0.1, 0.15) is 23.6 Å². The summed E-state index contributed by atoms with van der Waals surface area (Å²) in [6.45, 7) is 4.23. The highest BCUT2D eigenvalue weighted by Gasteiger charge is 2.17. The zero-order chi connectivity index (χ0) is 9.59. The number of hydrogen-bond acceptors (Lipinski definition) is 0. The van der Waals surface area contributed by atoms with Gasteiger partial charge in [-0.1, -0.05) is 27.6 Å². The van der Waals surface area contributed by atoms with Gasteiger partial charge in [0, 0.05) is 15.4 Å². The molecule has 13 heavy (non-hydrogen) atoms. The van der Waals surface area contributed by atoms with Crippen LogP contribution in [-0.2, 0) is 0 Å². The highest BCUT2D eigenvalue weighted by Crippen LogP contribution is 2.38. The van der Waals surface area contributed by atoms with Gasteiger partial charge >= 0.3 is 0 Å². The van der Waals surface area contributed by atoms with Gasteiger partial charge in [0.1, 0.15) is 0 Å². The van der Waals surface area contributed by atoms with Crippen LogP contribution < -0.4 is 0 Å². The van der Waals surface area contributed by atoms with Gasteiger partial charge in [-0.3, -0.25) is 0 Å². The molecule has 1 radical (unpaired) electrons. The molecule has 0 unspecified atom stereocenters. The van der Waals surface area contributed by atoms with Crippen molar-refractivity contribution in [2.45, 2.75) is 13.8 Å². The molecule has 1 aromatic carbocycles. The van der Waals surface area contributed by atoms with E-state index in [2.05, 4.69) is 64.3 Å². The van der Waals surface area contributed by atoms with E-state index in [4.69, 9.17) is 0 Å². The Bertz CT molecular complexity index is 403. The van der Waals surface area contributed by atoms with Crippen molar-refractivity contribution in [3.05, 3.63) is 43.7 Å². The van der Waals surface area contributed by atoms with Crippen LogP contribution in [0.25, 0.3) is 6.08 Å². The summed E-state index contributed by atoms with van der Waals surface area (Å²) >= 11 is 7.18. The quantitative estimate of drug-likeness (QED) is 0.662. The van der Waals surface area contributed by atoms with E-state index in [9.17, 15) is 0 Å². The standard InChI is InChI=1S/C11H9Br2/c1-6-3-8-9(4-6)11(13)7(2)5-10(8)12/h3-5H,1-2H3. The molecule has 0 spiro atoms. The molecule has 2 rings (SSSR count). The number of aryl methyl sites for hydroxylation is 1. The third-order valence-corrected chi connectivity index (χ3v) is 3.93. The molecule has 67 valence electrons. The van der Waals surface area contributed by atoms with E-state index in [1.807, 2.05) is 0 Å². The Hall–Kier alpha value is -0.0800. The minimum Gasteiger partial charge on any atom is -0.0642 e. The topological polar surface area (TPSA) is 0 Å². The lowest BCUT2D eigenvalue weighted by Crippen LogP contribution is -1.87. The zero-order valence-electron chi connectivity index (χ0n) is 7.49. The summed E-state index contributed by atoms with van der Waals surface area (Å²) < 4.78 is 2.38. The molecular weight excluding hydrogens is 292 g/mol. The Morgan fingerprint density at radius 2 is 1.77 bits per heavy atom. The minimum atomic E-state index is 1.18. The molecule has 1 aliphatic carbocycles. The number of fused-ring (bicyclic) bond motifs is 1. The molecule has 0 bridgehead atoms. The van der Waals surface area contributed by atoms with Gasteiger partial charge in [0.05, 0.1) is 0 Å². The summed E-state index contributed by atoms with van der Waals surface area (Å²) in [7, 11) is 0. The van der Waals surface area contributed by atoms with Gasteiger partial charge in [0.15, 0.2) is 0 Å². The lowest BCUT2D eigenvalue weighted by Gasteiger charge is -2.07. The van der Waals surface area contributed by atoms with E-state index >= 15 is 0 Å². The maximum Gasteiger partial charge on any atom is 0.0280 e. The summed E-state index contributed by atoms with van der Waals surface area (Å²) in [6.07, 6.45) is 4.40. The Kier molecular flexibility index (Phi) is 2.37. The van der Waals surface area contributed by atoms with Crippen LogP contribution in [0.5, 0.6) is 0 Å². The molecule has 0 saturated carbocycles. The van der Waals surface area contributed by atoms with Gasteiger partial charge in [0.2, 0.25) is 0 Å². The van der Waals surface area contributed by atoms with Gasteiger partial charge in [-0.2, -0.15) is 0 Å². The van der Waals surface area contributed by atoms with Crippen LogP contribution in [-0.4, -0.2) is 0 Å². The van der Waals surface area contributed by atoms with E-state index < -0.39 is 0 Å². The van der Waals surface area contributed by atoms with Gasteiger partial charge < -0.3 is 0 Å². The van der Waals surface area contributed by atoms with E-state index in [1.165, 1.54) is 31.2 Å². The highest BCUT2D eigenvalue weighted by atomic mass is 79.9. The van der Waals surface area contributed by atoms with Crippen LogP contribution in [0.3, 0.4) is 0 Å². The summed E-state index contributed by atoms with van der Waals surface area (Å²) in [5.74, 6) is 0. The lowest BCUT2D eigenvalue weighted by atomic mass is 10.1. The Balaban J connectivity index is 2.71. The van der Waals surface area contributed by atoms with Crippen molar-refractivity contribution in [1.29, 1.82) is 0 Å². The second-order valence-electron chi connectivity index (χ2n) is 3.35. The molecular formula is C11H9Br2. The van der Waals surface area contributed by atoms with Crippen molar-refractivity contribution in [2.24, 2.45) is 0 Å². The maximum atomic E-state index is 3.61. The fraction of sp³-hybridized carbons (Fsp3) is 0.182. The molecule has 0 saturated heterocycles. The monoisotopic (exact) mass is 299 g/mol. The Labute approximate surface area is 95.3 Å². The largest absolute Gasteiger partial charge is 0.0642 e. The van der Waals surface area contributed by atoms with Crippen LogP contribution in [0.15, 0.2) is 20.6 Å². The van der Waals surface area contributed by atoms with E-state index in [1.54, 1.807) is 0 Å². The molecule has 0 fully saturated rings. The summed E-state index contributed by atoms with van der Waals surface area (Å²) in [4.78, 5) is 0. The third-order valence-electron chi connectivity index (χ3n) is 2.22. The Morgan fingerprint density at radius 3 is 2.46 bits per heavy atom. The highest BCUT2D eigenvalue weighted by molar-refractivity contribution is 9.11. The van der Waals surface area contributed by atoms with Crippen molar-refractivity contribution < 1.29 is 0 Å². The first kappa shape index (κ1) is 9.47.